The van der Waals surface area contributed by atoms with E-state index in [1.54, 1.807) is 44.7 Å². The first-order chi connectivity index (χ1) is 14.1. The summed E-state index contributed by atoms with van der Waals surface area (Å²) < 4.78 is 15.7. The van der Waals surface area contributed by atoms with Crippen LogP contribution in [0, 0.1) is 0 Å². The number of aromatic nitrogens is 1. The summed E-state index contributed by atoms with van der Waals surface area (Å²) in [4.78, 5) is 16.8. The fraction of sp³-hybridized carbons (Fsp3) is 0.182. The van der Waals surface area contributed by atoms with Crippen LogP contribution in [0.3, 0.4) is 0 Å². The minimum Gasteiger partial charge on any atom is -0.497 e. The number of amides is 1. The standard InChI is InChI=1S/C22H23N3O4/c1-27-18-6-4-15(5-7-18)12-24-17-10-16(13-23-14-17)22(26)25-20-9-8-19(28-2)11-21(20)29-3/h4-11,13-14,24H,12H2,1-3H3,(H,25,26). The summed E-state index contributed by atoms with van der Waals surface area (Å²) in [5.41, 5.74) is 2.82. The van der Waals surface area contributed by atoms with E-state index >= 15 is 0 Å². The smallest absolute Gasteiger partial charge is 0.257 e. The van der Waals surface area contributed by atoms with Crippen molar-refractivity contribution in [3.63, 3.8) is 0 Å². The van der Waals surface area contributed by atoms with Crippen molar-refractivity contribution in [1.82, 2.24) is 4.98 Å². The van der Waals surface area contributed by atoms with E-state index in [0.29, 0.717) is 29.3 Å². The van der Waals surface area contributed by atoms with Crippen molar-refractivity contribution in [2.75, 3.05) is 32.0 Å². The SMILES string of the molecule is COc1ccc(CNc2cncc(C(=O)Nc3ccc(OC)cc3OC)c2)cc1. The number of hydrogen-bond donors (Lipinski definition) is 2. The van der Waals surface area contributed by atoms with Crippen molar-refractivity contribution < 1.29 is 19.0 Å². The molecule has 150 valence electrons. The average molecular weight is 393 g/mol. The van der Waals surface area contributed by atoms with Gasteiger partial charge >= 0.3 is 0 Å². The molecule has 7 heteroatoms. The molecule has 29 heavy (non-hydrogen) atoms. The Morgan fingerprint density at radius 3 is 2.31 bits per heavy atom. The van der Waals surface area contributed by atoms with Gasteiger partial charge in [0.1, 0.15) is 17.2 Å². The average Bonchev–Trinajstić information content (AvgIpc) is 2.78. The Morgan fingerprint density at radius 1 is 0.897 bits per heavy atom. The second kappa shape index (κ2) is 9.45. The van der Waals surface area contributed by atoms with Gasteiger partial charge in [-0.25, -0.2) is 0 Å². The minimum absolute atomic E-state index is 0.283. The fourth-order valence-electron chi connectivity index (χ4n) is 2.70. The summed E-state index contributed by atoms with van der Waals surface area (Å²) in [5.74, 6) is 1.68. The number of benzene rings is 2. The number of rotatable bonds is 8. The van der Waals surface area contributed by atoms with Crippen molar-refractivity contribution in [2.45, 2.75) is 6.54 Å². The second-order valence-corrected chi connectivity index (χ2v) is 6.18. The molecule has 0 aliphatic carbocycles. The lowest BCUT2D eigenvalue weighted by Crippen LogP contribution is -2.13. The Balaban J connectivity index is 1.67. The minimum atomic E-state index is -0.283. The van der Waals surface area contributed by atoms with E-state index in [4.69, 9.17) is 14.2 Å². The largest absolute Gasteiger partial charge is 0.497 e. The van der Waals surface area contributed by atoms with E-state index in [9.17, 15) is 4.79 Å². The molecule has 2 N–H and O–H groups in total. The highest BCUT2D eigenvalue weighted by molar-refractivity contribution is 6.05. The van der Waals surface area contributed by atoms with Gasteiger partial charge in [-0.15, -0.1) is 0 Å². The number of ether oxygens (including phenoxy) is 3. The predicted molar refractivity (Wildman–Crippen MR) is 112 cm³/mol. The van der Waals surface area contributed by atoms with Crippen LogP contribution in [0.2, 0.25) is 0 Å². The van der Waals surface area contributed by atoms with Crippen LogP contribution in [0.25, 0.3) is 0 Å². The Morgan fingerprint density at radius 2 is 1.62 bits per heavy atom. The molecule has 1 amide bonds. The molecule has 0 atom stereocenters. The lowest BCUT2D eigenvalue weighted by molar-refractivity contribution is 0.102. The van der Waals surface area contributed by atoms with Crippen LogP contribution < -0.4 is 24.8 Å². The topological polar surface area (TPSA) is 81.7 Å². The predicted octanol–water partition coefficient (Wildman–Crippen LogP) is 3.97. The highest BCUT2D eigenvalue weighted by atomic mass is 16.5. The molecule has 3 rings (SSSR count). The molecule has 1 aromatic heterocycles. The van der Waals surface area contributed by atoms with E-state index in [0.717, 1.165) is 17.0 Å². The molecular formula is C22H23N3O4. The molecule has 0 unspecified atom stereocenters. The van der Waals surface area contributed by atoms with Crippen LogP contribution in [0.5, 0.6) is 17.2 Å². The number of nitrogens with one attached hydrogen (secondary N) is 2. The van der Waals surface area contributed by atoms with Crippen molar-refractivity contribution in [3.05, 3.63) is 72.1 Å². The van der Waals surface area contributed by atoms with Crippen LogP contribution in [-0.2, 0) is 6.54 Å². The van der Waals surface area contributed by atoms with Crippen LogP contribution >= 0.6 is 0 Å². The Hall–Kier alpha value is -3.74. The normalized spacial score (nSPS) is 10.2. The molecule has 0 bridgehead atoms. The zero-order valence-electron chi connectivity index (χ0n) is 16.6. The summed E-state index contributed by atoms with van der Waals surface area (Å²) in [7, 11) is 4.75. The molecule has 0 fully saturated rings. The summed E-state index contributed by atoms with van der Waals surface area (Å²) in [6.07, 6.45) is 3.19. The third-order valence-electron chi connectivity index (χ3n) is 4.31. The molecular weight excluding hydrogens is 370 g/mol. The molecule has 1 heterocycles. The van der Waals surface area contributed by atoms with E-state index in [-0.39, 0.29) is 5.91 Å². The van der Waals surface area contributed by atoms with E-state index in [1.807, 2.05) is 24.3 Å². The fourth-order valence-corrected chi connectivity index (χ4v) is 2.70. The lowest BCUT2D eigenvalue weighted by atomic mass is 10.2. The number of pyridine rings is 1. The molecule has 0 saturated heterocycles. The zero-order chi connectivity index (χ0) is 20.6. The van der Waals surface area contributed by atoms with E-state index in [2.05, 4.69) is 15.6 Å². The molecule has 3 aromatic rings. The number of methoxy groups -OCH3 is 3. The third kappa shape index (κ3) is 5.16. The molecule has 0 saturated carbocycles. The zero-order valence-corrected chi connectivity index (χ0v) is 16.6. The molecule has 0 aliphatic rings. The van der Waals surface area contributed by atoms with Gasteiger partial charge in [-0.3, -0.25) is 9.78 Å². The van der Waals surface area contributed by atoms with Gasteiger partial charge in [-0.05, 0) is 35.9 Å². The quantitative estimate of drug-likeness (QED) is 0.603. The van der Waals surface area contributed by atoms with Gasteiger partial charge in [0.25, 0.3) is 5.91 Å². The molecule has 0 spiro atoms. The summed E-state index contributed by atoms with van der Waals surface area (Å²) >= 11 is 0. The van der Waals surface area contributed by atoms with Crippen LogP contribution in [0.1, 0.15) is 15.9 Å². The lowest BCUT2D eigenvalue weighted by Gasteiger charge is -2.12. The van der Waals surface area contributed by atoms with Gasteiger partial charge in [0.15, 0.2) is 0 Å². The van der Waals surface area contributed by atoms with Crippen LogP contribution in [0.15, 0.2) is 60.9 Å². The molecule has 2 aromatic carbocycles. The number of carbonyl (C=O) groups excluding carboxylic acids is 1. The van der Waals surface area contributed by atoms with Gasteiger partial charge in [0.2, 0.25) is 0 Å². The Labute approximate surface area is 169 Å². The maximum atomic E-state index is 12.7. The van der Waals surface area contributed by atoms with E-state index in [1.165, 1.54) is 13.3 Å². The van der Waals surface area contributed by atoms with Crippen molar-refractivity contribution in [1.29, 1.82) is 0 Å². The van der Waals surface area contributed by atoms with Gasteiger partial charge < -0.3 is 24.8 Å². The maximum Gasteiger partial charge on any atom is 0.257 e. The molecule has 0 radical (unpaired) electrons. The number of nitrogens with zero attached hydrogens (tertiary/aromatic N) is 1. The number of anilines is 2. The maximum absolute atomic E-state index is 12.7. The van der Waals surface area contributed by atoms with Crippen molar-refractivity contribution >= 4 is 17.3 Å². The second-order valence-electron chi connectivity index (χ2n) is 6.18. The van der Waals surface area contributed by atoms with Crippen molar-refractivity contribution in [2.24, 2.45) is 0 Å². The third-order valence-corrected chi connectivity index (χ3v) is 4.31. The first-order valence-electron chi connectivity index (χ1n) is 8.98. The summed E-state index contributed by atoms with van der Waals surface area (Å²) in [6.45, 7) is 0.600. The molecule has 0 aliphatic heterocycles. The Kier molecular flexibility index (Phi) is 6.52. The highest BCUT2D eigenvalue weighted by Gasteiger charge is 2.12. The van der Waals surface area contributed by atoms with Crippen LogP contribution in [0.4, 0.5) is 11.4 Å². The van der Waals surface area contributed by atoms with Gasteiger partial charge in [-0.2, -0.15) is 0 Å². The van der Waals surface area contributed by atoms with Crippen molar-refractivity contribution in [3.8, 4) is 17.2 Å². The Bertz CT molecular complexity index is 974. The number of hydrogen-bond acceptors (Lipinski definition) is 6. The number of carbonyl (C=O) groups is 1. The monoisotopic (exact) mass is 393 g/mol. The first-order valence-corrected chi connectivity index (χ1v) is 8.98. The van der Waals surface area contributed by atoms with E-state index < -0.39 is 0 Å². The highest BCUT2D eigenvalue weighted by Crippen LogP contribution is 2.29. The van der Waals surface area contributed by atoms with Crippen LogP contribution in [-0.4, -0.2) is 32.2 Å². The van der Waals surface area contributed by atoms with Gasteiger partial charge in [-0.1, -0.05) is 12.1 Å². The first kappa shape index (κ1) is 20.0. The molecule has 7 nitrogen and oxygen atoms in total. The van der Waals surface area contributed by atoms with Gasteiger partial charge in [0.05, 0.1) is 38.3 Å². The van der Waals surface area contributed by atoms with Gasteiger partial charge in [0, 0.05) is 25.0 Å². The summed E-state index contributed by atoms with van der Waals surface area (Å²) in [5, 5.41) is 6.11. The summed E-state index contributed by atoms with van der Waals surface area (Å²) in [6, 6.07) is 14.7.